The van der Waals surface area contributed by atoms with Crippen LogP contribution in [-0.4, -0.2) is 26.7 Å². The third-order valence-corrected chi connectivity index (χ3v) is 6.25. The van der Waals surface area contributed by atoms with Crippen molar-refractivity contribution in [1.82, 2.24) is 9.47 Å². The first-order valence-corrected chi connectivity index (χ1v) is 10.6. The average Bonchev–Trinajstić information content (AvgIpc) is 3.16. The number of hydrogen-bond donors (Lipinski definition) is 0. The van der Waals surface area contributed by atoms with Gasteiger partial charge < -0.3 is 4.57 Å². The van der Waals surface area contributed by atoms with Gasteiger partial charge in [0.2, 0.25) is 0 Å². The minimum absolute atomic E-state index is 0.173. The lowest BCUT2D eigenvalue weighted by molar-refractivity contribution is -0.123. The summed E-state index contributed by atoms with van der Waals surface area (Å²) >= 11 is 0.988. The molecule has 0 spiro atoms. The molecule has 0 bridgehead atoms. The van der Waals surface area contributed by atoms with Crippen LogP contribution < -0.4 is 0 Å². The van der Waals surface area contributed by atoms with Crippen molar-refractivity contribution in [1.29, 1.82) is 5.26 Å². The van der Waals surface area contributed by atoms with E-state index in [9.17, 15) is 14.9 Å². The van der Waals surface area contributed by atoms with E-state index in [1.54, 1.807) is 0 Å². The molecule has 6 heteroatoms. The van der Waals surface area contributed by atoms with Crippen molar-refractivity contribution in [3.05, 3.63) is 75.8 Å². The SMILES string of the molecule is Cc1c(/C=C2/SC(=O)N(C(C)C)C2=O)c2ccccc2n1Cc1ccccc1C#N. The van der Waals surface area contributed by atoms with Gasteiger partial charge in [0, 0.05) is 34.7 Å². The molecule has 0 atom stereocenters. The molecule has 1 fully saturated rings. The van der Waals surface area contributed by atoms with Crippen molar-refractivity contribution in [2.75, 3.05) is 0 Å². The maximum absolute atomic E-state index is 12.8. The maximum atomic E-state index is 12.8. The summed E-state index contributed by atoms with van der Waals surface area (Å²) in [7, 11) is 0. The van der Waals surface area contributed by atoms with Crippen LogP contribution >= 0.6 is 11.8 Å². The van der Waals surface area contributed by atoms with Crippen LogP contribution in [0.15, 0.2) is 53.4 Å². The van der Waals surface area contributed by atoms with Gasteiger partial charge in [-0.25, -0.2) is 0 Å². The summed E-state index contributed by atoms with van der Waals surface area (Å²) in [5, 5.41) is 10.2. The molecule has 5 nitrogen and oxygen atoms in total. The number of nitriles is 1. The van der Waals surface area contributed by atoms with Gasteiger partial charge in [-0.15, -0.1) is 0 Å². The summed E-state index contributed by atoms with van der Waals surface area (Å²) < 4.78 is 2.16. The second-order valence-electron chi connectivity index (χ2n) is 7.52. The predicted octanol–water partition coefficient (Wildman–Crippen LogP) is 5.31. The standard InChI is InChI=1S/C24H21N3O2S/c1-15(2)27-23(28)22(30-24(27)29)12-20-16(3)26(21-11-7-6-10-19(20)21)14-18-9-5-4-8-17(18)13-25/h4-12,15H,14H2,1-3H3/b22-12+. The number of nitrogens with zero attached hydrogens (tertiary/aromatic N) is 3. The monoisotopic (exact) mass is 415 g/mol. The summed E-state index contributed by atoms with van der Waals surface area (Å²) in [6.07, 6.45) is 1.83. The lowest BCUT2D eigenvalue weighted by atomic mass is 10.1. The first-order chi connectivity index (χ1) is 14.4. The summed E-state index contributed by atoms with van der Waals surface area (Å²) in [6, 6.07) is 17.7. The van der Waals surface area contributed by atoms with E-state index in [0.717, 1.165) is 39.5 Å². The number of fused-ring (bicyclic) bond motifs is 1. The van der Waals surface area contributed by atoms with Crippen LogP contribution in [-0.2, 0) is 11.3 Å². The van der Waals surface area contributed by atoms with Gasteiger partial charge in [-0.3, -0.25) is 14.5 Å². The van der Waals surface area contributed by atoms with Gasteiger partial charge in [0.1, 0.15) is 0 Å². The van der Waals surface area contributed by atoms with Crippen molar-refractivity contribution < 1.29 is 9.59 Å². The van der Waals surface area contributed by atoms with E-state index in [0.29, 0.717) is 17.0 Å². The third-order valence-electron chi connectivity index (χ3n) is 5.36. The number of benzene rings is 2. The van der Waals surface area contributed by atoms with Gasteiger partial charge in [0.05, 0.1) is 16.5 Å². The van der Waals surface area contributed by atoms with E-state index in [1.165, 1.54) is 4.90 Å². The minimum Gasteiger partial charge on any atom is -0.340 e. The fourth-order valence-corrected chi connectivity index (χ4v) is 4.78. The molecule has 0 radical (unpaired) electrons. The largest absolute Gasteiger partial charge is 0.340 e. The summed E-state index contributed by atoms with van der Waals surface area (Å²) in [5.74, 6) is -0.244. The van der Waals surface area contributed by atoms with Crippen molar-refractivity contribution >= 4 is 39.9 Å². The van der Waals surface area contributed by atoms with Gasteiger partial charge in [0.25, 0.3) is 11.1 Å². The van der Waals surface area contributed by atoms with Crippen LogP contribution in [0.3, 0.4) is 0 Å². The van der Waals surface area contributed by atoms with E-state index in [2.05, 4.69) is 10.6 Å². The maximum Gasteiger partial charge on any atom is 0.293 e. The number of hydrogen-bond acceptors (Lipinski definition) is 4. The zero-order chi connectivity index (χ0) is 21.4. The molecule has 3 aromatic rings. The second kappa shape index (κ2) is 7.85. The van der Waals surface area contributed by atoms with Crippen molar-refractivity contribution in [2.45, 2.75) is 33.4 Å². The number of aromatic nitrogens is 1. The Kier molecular flexibility index (Phi) is 5.23. The third kappa shape index (κ3) is 3.31. The molecular weight excluding hydrogens is 394 g/mol. The number of para-hydroxylation sites is 1. The van der Waals surface area contributed by atoms with E-state index >= 15 is 0 Å². The van der Waals surface area contributed by atoms with Crippen LogP contribution in [0.4, 0.5) is 4.79 Å². The molecule has 1 saturated heterocycles. The molecular formula is C24H21N3O2S. The molecule has 1 aliphatic heterocycles. The van der Waals surface area contributed by atoms with Gasteiger partial charge in [-0.2, -0.15) is 5.26 Å². The minimum atomic E-state index is -0.244. The summed E-state index contributed by atoms with van der Waals surface area (Å²) in [4.78, 5) is 26.8. The summed E-state index contributed by atoms with van der Waals surface area (Å²) in [5.41, 5.74) is 4.52. The molecule has 2 amide bonds. The molecule has 150 valence electrons. The van der Waals surface area contributed by atoms with Gasteiger partial charge in [-0.05, 0) is 56.3 Å². The lowest BCUT2D eigenvalue weighted by Gasteiger charge is -2.16. The fourth-order valence-electron chi connectivity index (χ4n) is 3.84. The Balaban J connectivity index is 1.83. The van der Waals surface area contributed by atoms with Crippen molar-refractivity contribution in [2.24, 2.45) is 0 Å². The van der Waals surface area contributed by atoms with E-state index in [4.69, 9.17) is 0 Å². The smallest absolute Gasteiger partial charge is 0.293 e. The van der Waals surface area contributed by atoms with Crippen LogP contribution in [0.25, 0.3) is 17.0 Å². The highest BCUT2D eigenvalue weighted by Crippen LogP contribution is 2.36. The van der Waals surface area contributed by atoms with Crippen LogP contribution in [0.2, 0.25) is 0 Å². The normalized spacial score (nSPS) is 15.6. The van der Waals surface area contributed by atoms with E-state index in [-0.39, 0.29) is 17.2 Å². The Bertz CT molecular complexity index is 1250. The molecule has 1 aromatic heterocycles. The Morgan fingerprint density at radius 1 is 1.10 bits per heavy atom. The molecule has 0 unspecified atom stereocenters. The molecule has 4 rings (SSSR count). The van der Waals surface area contributed by atoms with Gasteiger partial charge in [0.15, 0.2) is 0 Å². The first-order valence-electron chi connectivity index (χ1n) is 9.75. The Hall–Kier alpha value is -3.30. The van der Waals surface area contributed by atoms with Gasteiger partial charge in [-0.1, -0.05) is 36.4 Å². The molecule has 1 aliphatic rings. The highest BCUT2D eigenvalue weighted by atomic mass is 32.2. The molecule has 30 heavy (non-hydrogen) atoms. The average molecular weight is 416 g/mol. The Morgan fingerprint density at radius 3 is 2.50 bits per heavy atom. The number of imide groups is 1. The molecule has 2 aromatic carbocycles. The number of carbonyl (C=O) groups excluding carboxylic acids is 2. The Morgan fingerprint density at radius 2 is 1.80 bits per heavy atom. The zero-order valence-corrected chi connectivity index (χ0v) is 17.9. The number of rotatable bonds is 4. The lowest BCUT2D eigenvalue weighted by Crippen LogP contribution is -2.34. The predicted molar refractivity (Wildman–Crippen MR) is 120 cm³/mol. The van der Waals surface area contributed by atoms with Crippen LogP contribution in [0.5, 0.6) is 0 Å². The zero-order valence-electron chi connectivity index (χ0n) is 17.0. The van der Waals surface area contributed by atoms with Crippen molar-refractivity contribution in [3.63, 3.8) is 0 Å². The van der Waals surface area contributed by atoms with Crippen LogP contribution in [0, 0.1) is 18.3 Å². The van der Waals surface area contributed by atoms with E-state index in [1.807, 2.05) is 75.4 Å². The number of carbonyl (C=O) groups is 2. The number of thioether (sulfide) groups is 1. The topological polar surface area (TPSA) is 66.1 Å². The van der Waals surface area contributed by atoms with E-state index < -0.39 is 0 Å². The second-order valence-corrected chi connectivity index (χ2v) is 8.51. The number of amides is 2. The molecule has 0 saturated carbocycles. The van der Waals surface area contributed by atoms with Crippen molar-refractivity contribution in [3.8, 4) is 6.07 Å². The summed E-state index contributed by atoms with van der Waals surface area (Å²) in [6.45, 7) is 6.23. The first kappa shape index (κ1) is 20.0. The van der Waals surface area contributed by atoms with Crippen LogP contribution in [0.1, 0.15) is 36.2 Å². The quantitative estimate of drug-likeness (QED) is 0.541. The molecule has 0 aliphatic carbocycles. The highest BCUT2D eigenvalue weighted by molar-refractivity contribution is 8.18. The Labute approximate surface area is 179 Å². The fraction of sp³-hybridized carbons (Fsp3) is 0.208. The molecule has 0 N–H and O–H groups in total. The molecule has 2 heterocycles. The van der Waals surface area contributed by atoms with Gasteiger partial charge >= 0.3 is 0 Å². The highest BCUT2D eigenvalue weighted by Gasteiger charge is 2.37.